The van der Waals surface area contributed by atoms with Crippen LogP contribution in [0, 0.1) is 0 Å². The predicted octanol–water partition coefficient (Wildman–Crippen LogP) is 3.55. The Bertz CT molecular complexity index is 978. The summed E-state index contributed by atoms with van der Waals surface area (Å²) in [6, 6.07) is 26.9. The van der Waals surface area contributed by atoms with Crippen LogP contribution in [0.15, 0.2) is 84.9 Å². The number of hydrogen-bond donors (Lipinski definition) is 0. The van der Waals surface area contributed by atoms with Crippen molar-refractivity contribution in [3.63, 3.8) is 0 Å². The van der Waals surface area contributed by atoms with Crippen LogP contribution in [-0.2, 0) is 4.70 Å². The summed E-state index contributed by atoms with van der Waals surface area (Å²) >= 11 is 0. The van der Waals surface area contributed by atoms with Crippen molar-refractivity contribution in [3.8, 4) is 34.2 Å². The van der Waals surface area contributed by atoms with Gasteiger partial charge < -0.3 is 0 Å². The van der Waals surface area contributed by atoms with Crippen molar-refractivity contribution < 1.29 is 4.70 Å². The fourth-order valence-electron chi connectivity index (χ4n) is 2.65. The first-order valence-electron chi connectivity index (χ1n) is 8.26. The molecule has 122 valence electrons. The first kappa shape index (κ1) is 16.0. The topological polar surface area (TPSA) is 55.7 Å². The molecule has 0 aliphatic heterocycles. The second-order valence-corrected chi connectivity index (χ2v) is 5.78. The third kappa shape index (κ3) is 3.33. The zero-order valence-corrected chi connectivity index (χ0v) is 13.9. The van der Waals surface area contributed by atoms with Gasteiger partial charge in [0, 0.05) is 0 Å². The molecule has 0 fully saturated rings. The van der Waals surface area contributed by atoms with Crippen molar-refractivity contribution in [2.24, 2.45) is 0 Å². The SMILES string of the molecule is O=Bc1ccc(-c2nc(-c3ccccc3)nc(-c3ccccc3)n2)cc1. The number of benzene rings is 3. The van der Waals surface area contributed by atoms with E-state index in [4.69, 9.17) is 0 Å². The summed E-state index contributed by atoms with van der Waals surface area (Å²) in [5, 5.41) is 0. The van der Waals surface area contributed by atoms with E-state index in [1.54, 1.807) is 12.1 Å². The van der Waals surface area contributed by atoms with Gasteiger partial charge >= 0.3 is 151 Å². The van der Waals surface area contributed by atoms with Gasteiger partial charge in [0.05, 0.1) is 0 Å². The fourth-order valence-corrected chi connectivity index (χ4v) is 2.65. The van der Waals surface area contributed by atoms with Crippen LogP contribution in [0.3, 0.4) is 0 Å². The molecule has 1 heterocycles. The van der Waals surface area contributed by atoms with Gasteiger partial charge in [0.2, 0.25) is 0 Å². The summed E-state index contributed by atoms with van der Waals surface area (Å²) in [6.07, 6.45) is 0. The van der Waals surface area contributed by atoms with E-state index in [-0.39, 0.29) is 0 Å². The van der Waals surface area contributed by atoms with E-state index < -0.39 is 0 Å². The maximum absolute atomic E-state index is 10.9. The van der Waals surface area contributed by atoms with Gasteiger partial charge in [-0.15, -0.1) is 0 Å². The summed E-state index contributed by atoms with van der Waals surface area (Å²) in [7, 11) is 0.821. The molecule has 0 N–H and O–H groups in total. The van der Waals surface area contributed by atoms with Gasteiger partial charge in [-0.3, -0.25) is 0 Å². The average molecular weight is 335 g/mol. The van der Waals surface area contributed by atoms with Crippen molar-refractivity contribution in [2.45, 2.75) is 0 Å². The summed E-state index contributed by atoms with van der Waals surface area (Å²) in [5.41, 5.74) is 3.32. The van der Waals surface area contributed by atoms with E-state index in [1.165, 1.54) is 0 Å². The molecule has 4 nitrogen and oxygen atoms in total. The van der Waals surface area contributed by atoms with Crippen LogP contribution < -0.4 is 5.46 Å². The van der Waals surface area contributed by atoms with Crippen molar-refractivity contribution in [3.05, 3.63) is 84.9 Å². The van der Waals surface area contributed by atoms with Gasteiger partial charge in [0.25, 0.3) is 0 Å². The standard InChI is InChI=1S/C21H14BN3O/c26-22-18-13-11-17(12-14-18)21-24-19(15-7-3-1-4-8-15)23-20(25-21)16-9-5-2-6-10-16/h1-14H. The van der Waals surface area contributed by atoms with E-state index in [1.807, 2.05) is 72.8 Å². The molecule has 4 rings (SSSR count). The van der Waals surface area contributed by atoms with Crippen LogP contribution in [0.4, 0.5) is 0 Å². The molecule has 0 aliphatic rings. The molecule has 0 amide bonds. The summed E-state index contributed by atoms with van der Waals surface area (Å²) in [4.78, 5) is 13.9. The molecule has 4 aromatic rings. The first-order valence-corrected chi connectivity index (χ1v) is 8.26. The summed E-state index contributed by atoms with van der Waals surface area (Å²) < 4.78 is 10.9. The van der Waals surface area contributed by atoms with Crippen LogP contribution in [0.1, 0.15) is 0 Å². The molecule has 0 aliphatic carbocycles. The minimum absolute atomic E-state index is 0.579. The molecule has 0 atom stereocenters. The zero-order valence-electron chi connectivity index (χ0n) is 13.9. The Labute approximate surface area is 151 Å². The Kier molecular flexibility index (Phi) is 4.43. The Morgan fingerprint density at radius 2 is 0.885 bits per heavy atom. The van der Waals surface area contributed by atoms with Gasteiger partial charge in [0.1, 0.15) is 0 Å². The number of hydrogen-bond acceptors (Lipinski definition) is 4. The summed E-state index contributed by atoms with van der Waals surface area (Å²) in [6.45, 7) is 0. The molecule has 0 unspecified atom stereocenters. The van der Waals surface area contributed by atoms with Crippen molar-refractivity contribution in [2.75, 3.05) is 0 Å². The van der Waals surface area contributed by atoms with Gasteiger partial charge in [-0.05, 0) is 0 Å². The van der Waals surface area contributed by atoms with Crippen molar-refractivity contribution in [1.29, 1.82) is 0 Å². The molecule has 0 spiro atoms. The van der Waals surface area contributed by atoms with E-state index >= 15 is 0 Å². The Morgan fingerprint density at radius 1 is 0.500 bits per heavy atom. The monoisotopic (exact) mass is 335 g/mol. The normalized spacial score (nSPS) is 10.3. The van der Waals surface area contributed by atoms with Crippen LogP contribution in [0.2, 0.25) is 0 Å². The van der Waals surface area contributed by atoms with E-state index in [2.05, 4.69) is 15.0 Å². The Morgan fingerprint density at radius 3 is 1.27 bits per heavy atom. The van der Waals surface area contributed by atoms with Gasteiger partial charge in [-0.1, -0.05) is 0 Å². The van der Waals surface area contributed by atoms with E-state index in [0.717, 1.165) is 23.8 Å². The maximum atomic E-state index is 10.9. The first-order chi connectivity index (χ1) is 12.8. The molecule has 0 radical (unpaired) electrons. The van der Waals surface area contributed by atoms with Crippen LogP contribution in [0.25, 0.3) is 34.2 Å². The van der Waals surface area contributed by atoms with Crippen LogP contribution in [0.5, 0.6) is 0 Å². The molecule has 3 aromatic carbocycles. The van der Waals surface area contributed by atoms with Gasteiger partial charge in [-0.2, -0.15) is 0 Å². The number of rotatable bonds is 4. The molecule has 26 heavy (non-hydrogen) atoms. The summed E-state index contributed by atoms with van der Waals surface area (Å²) in [5.74, 6) is 1.82. The minimum atomic E-state index is 0.579. The molecular formula is C21H14BN3O. The molecule has 0 saturated heterocycles. The second-order valence-electron chi connectivity index (χ2n) is 5.78. The van der Waals surface area contributed by atoms with Crippen molar-refractivity contribution >= 4 is 12.6 Å². The second kappa shape index (κ2) is 7.19. The fraction of sp³-hybridized carbons (Fsp3) is 0. The number of aromatic nitrogens is 3. The Balaban J connectivity index is 1.88. The third-order valence-electron chi connectivity index (χ3n) is 4.00. The van der Waals surface area contributed by atoms with E-state index in [9.17, 15) is 4.70 Å². The van der Waals surface area contributed by atoms with E-state index in [0.29, 0.717) is 22.9 Å². The molecule has 1 aromatic heterocycles. The quantitative estimate of drug-likeness (QED) is 0.535. The third-order valence-corrected chi connectivity index (χ3v) is 4.00. The number of nitrogens with zero attached hydrogens (tertiary/aromatic N) is 3. The van der Waals surface area contributed by atoms with Gasteiger partial charge in [-0.25, -0.2) is 0 Å². The van der Waals surface area contributed by atoms with Crippen LogP contribution >= 0.6 is 0 Å². The molecule has 5 heteroatoms. The molecule has 0 bridgehead atoms. The zero-order chi connectivity index (χ0) is 17.8. The Hall–Kier alpha value is -3.47. The average Bonchev–Trinajstić information content (AvgIpc) is 2.75. The van der Waals surface area contributed by atoms with Gasteiger partial charge in [0.15, 0.2) is 0 Å². The van der Waals surface area contributed by atoms with Crippen LogP contribution in [-0.4, -0.2) is 22.1 Å². The van der Waals surface area contributed by atoms with Crippen molar-refractivity contribution in [1.82, 2.24) is 15.0 Å². The molecule has 0 saturated carbocycles. The molecular weight excluding hydrogens is 321 g/mol. The predicted molar refractivity (Wildman–Crippen MR) is 102 cm³/mol.